The molecule has 0 N–H and O–H groups in total. The Hall–Kier alpha value is -5.66. The van der Waals surface area contributed by atoms with Gasteiger partial charge >= 0.3 is 0 Å². The lowest BCUT2D eigenvalue weighted by molar-refractivity contribution is -0.0399. The molecule has 0 atom stereocenters. The highest BCUT2D eigenvalue weighted by Crippen LogP contribution is 2.69. The second-order valence-electron chi connectivity index (χ2n) is 16.5. The number of rotatable bonds is 4. The predicted molar refractivity (Wildman–Crippen MR) is 219 cm³/mol. The first kappa shape index (κ1) is 29.9. The molecule has 1 nitrogen and oxygen atoms in total. The molecule has 1 spiro atoms. The highest BCUT2D eigenvalue weighted by molar-refractivity contribution is 6.12. The molecule has 1 aromatic heterocycles. The normalized spacial score (nSPS) is 23.5. The summed E-state index contributed by atoms with van der Waals surface area (Å²) in [6.45, 7) is 0. The van der Waals surface area contributed by atoms with Gasteiger partial charge in [-0.1, -0.05) is 127 Å². The van der Waals surface area contributed by atoms with Gasteiger partial charge in [0.1, 0.15) is 11.2 Å². The van der Waals surface area contributed by atoms with Gasteiger partial charge in [-0.3, -0.25) is 0 Å². The van der Waals surface area contributed by atoms with E-state index in [1.165, 1.54) is 82.2 Å². The highest BCUT2D eigenvalue weighted by Gasteiger charge is 2.61. The van der Waals surface area contributed by atoms with E-state index in [1.807, 2.05) is 0 Å². The van der Waals surface area contributed by atoms with Gasteiger partial charge in [0.05, 0.1) is 0 Å². The van der Waals surface area contributed by atoms with Crippen molar-refractivity contribution < 1.29 is 4.42 Å². The van der Waals surface area contributed by atoms with Crippen molar-refractivity contribution in [1.29, 1.82) is 0 Å². The van der Waals surface area contributed by atoms with Crippen LogP contribution in [0.2, 0.25) is 0 Å². The van der Waals surface area contributed by atoms with Crippen molar-refractivity contribution in [3.05, 3.63) is 169 Å². The summed E-state index contributed by atoms with van der Waals surface area (Å²) in [7, 11) is 0. The maximum atomic E-state index is 6.80. The maximum Gasteiger partial charge on any atom is 0.143 e. The zero-order valence-electron chi connectivity index (χ0n) is 29.8. The lowest BCUT2D eigenvalue weighted by Crippen LogP contribution is -2.55. The Labute approximate surface area is 311 Å². The third-order valence-corrected chi connectivity index (χ3v) is 13.9. The van der Waals surface area contributed by atoms with Gasteiger partial charge in [0, 0.05) is 21.8 Å². The van der Waals surface area contributed by atoms with Gasteiger partial charge in [0.15, 0.2) is 0 Å². The van der Waals surface area contributed by atoms with Gasteiger partial charge in [-0.2, -0.15) is 0 Å². The quantitative estimate of drug-likeness (QED) is 0.180. The summed E-state index contributed by atoms with van der Waals surface area (Å²) in [6, 6.07) is 58.8. The molecule has 4 bridgehead atoms. The highest BCUT2D eigenvalue weighted by atomic mass is 16.3. The van der Waals surface area contributed by atoms with Crippen LogP contribution in [0, 0.1) is 23.7 Å². The molecule has 4 fully saturated rings. The number of fused-ring (bicyclic) bond motifs is 6. The van der Waals surface area contributed by atoms with Gasteiger partial charge in [-0.05, 0) is 147 Å². The largest absolute Gasteiger partial charge is 0.455 e. The number of benzene rings is 7. The van der Waals surface area contributed by atoms with E-state index in [0.29, 0.717) is 0 Å². The summed E-state index contributed by atoms with van der Waals surface area (Å²) in [6.07, 6.45) is 7.07. The topological polar surface area (TPSA) is 13.1 Å². The summed E-state index contributed by atoms with van der Waals surface area (Å²) in [4.78, 5) is 0. The van der Waals surface area contributed by atoms with Gasteiger partial charge < -0.3 is 4.42 Å². The second kappa shape index (κ2) is 11.2. The fourth-order valence-electron chi connectivity index (χ4n) is 12.0. The van der Waals surface area contributed by atoms with Crippen molar-refractivity contribution in [2.45, 2.75) is 37.5 Å². The summed E-state index contributed by atoms with van der Waals surface area (Å²) in [5.41, 5.74) is 17.9. The number of para-hydroxylation sites is 1. The zero-order chi connectivity index (χ0) is 34.7. The van der Waals surface area contributed by atoms with Crippen LogP contribution in [0.15, 0.2) is 162 Å². The monoisotopic (exact) mass is 680 g/mol. The zero-order valence-corrected chi connectivity index (χ0v) is 29.8. The van der Waals surface area contributed by atoms with Crippen LogP contribution in [0.25, 0.3) is 77.6 Å². The first-order chi connectivity index (χ1) is 26.2. The fraction of sp³-hybridized carbons (Fsp3) is 0.192. The minimum absolute atomic E-state index is 0.166. The molecule has 0 radical (unpaired) electrons. The lowest BCUT2D eigenvalue weighted by Gasteiger charge is -2.61. The summed E-state index contributed by atoms with van der Waals surface area (Å²) >= 11 is 0. The standard InChI is InChI=1S/C52H40O/c1-3-11-34(12-4-1)36-19-21-41(44(28-36)35-13-5-2-6-14-35)38-30-45(51-47(31-38)43-16-8-10-18-50(43)53-51)37-20-22-49-46(29-37)42-15-7-9-17-48(42)52(49)39-24-32-23-33(26-39)27-40(52)25-32/h1-22,28-33,39-40H,23-27H2. The van der Waals surface area contributed by atoms with E-state index in [4.69, 9.17) is 4.42 Å². The van der Waals surface area contributed by atoms with Crippen LogP contribution in [-0.4, -0.2) is 0 Å². The Morgan fingerprint density at radius 2 is 1.00 bits per heavy atom. The van der Waals surface area contributed by atoms with Crippen LogP contribution < -0.4 is 0 Å². The number of furan rings is 1. The minimum Gasteiger partial charge on any atom is -0.455 e. The molecule has 0 aliphatic heterocycles. The molecule has 0 unspecified atom stereocenters. The Balaban J connectivity index is 1.09. The summed E-state index contributed by atoms with van der Waals surface area (Å²) < 4.78 is 6.80. The van der Waals surface area contributed by atoms with E-state index in [1.54, 1.807) is 11.1 Å². The molecule has 5 aliphatic rings. The molecule has 254 valence electrons. The third-order valence-electron chi connectivity index (χ3n) is 13.9. The van der Waals surface area contributed by atoms with Crippen LogP contribution in [0.4, 0.5) is 0 Å². The Morgan fingerprint density at radius 1 is 0.377 bits per heavy atom. The van der Waals surface area contributed by atoms with E-state index in [2.05, 4.69) is 158 Å². The van der Waals surface area contributed by atoms with Gasteiger partial charge in [-0.15, -0.1) is 0 Å². The number of hydrogen-bond donors (Lipinski definition) is 0. The fourth-order valence-corrected chi connectivity index (χ4v) is 12.0. The Morgan fingerprint density at radius 3 is 1.79 bits per heavy atom. The molecule has 4 saturated carbocycles. The molecule has 0 amide bonds. The van der Waals surface area contributed by atoms with Crippen molar-refractivity contribution in [2.24, 2.45) is 23.7 Å². The summed E-state index contributed by atoms with van der Waals surface area (Å²) in [5, 5.41) is 2.32. The van der Waals surface area contributed by atoms with E-state index < -0.39 is 0 Å². The van der Waals surface area contributed by atoms with Crippen molar-refractivity contribution in [3.8, 4) is 55.6 Å². The molecule has 13 rings (SSSR count). The SMILES string of the molecule is c1ccc(-c2ccc(-c3cc(-c4ccc5c(c4)-c4ccccc4C54C5CC6CC(C5)CC4C6)c4oc5ccccc5c4c3)c(-c3ccccc3)c2)cc1. The van der Waals surface area contributed by atoms with Gasteiger partial charge in [0.2, 0.25) is 0 Å². The average Bonchev–Trinajstić information content (AvgIpc) is 3.73. The van der Waals surface area contributed by atoms with Crippen LogP contribution >= 0.6 is 0 Å². The summed E-state index contributed by atoms with van der Waals surface area (Å²) in [5.74, 6) is 3.39. The average molecular weight is 681 g/mol. The molecule has 8 aromatic rings. The molecular weight excluding hydrogens is 641 g/mol. The van der Waals surface area contributed by atoms with E-state index in [9.17, 15) is 0 Å². The van der Waals surface area contributed by atoms with Crippen molar-refractivity contribution in [1.82, 2.24) is 0 Å². The van der Waals surface area contributed by atoms with E-state index in [0.717, 1.165) is 51.2 Å². The van der Waals surface area contributed by atoms with Crippen LogP contribution in [0.5, 0.6) is 0 Å². The van der Waals surface area contributed by atoms with E-state index in [-0.39, 0.29) is 5.41 Å². The van der Waals surface area contributed by atoms with Crippen LogP contribution in [0.3, 0.4) is 0 Å². The molecule has 0 saturated heterocycles. The van der Waals surface area contributed by atoms with Crippen LogP contribution in [0.1, 0.15) is 43.2 Å². The van der Waals surface area contributed by atoms with Crippen molar-refractivity contribution in [2.75, 3.05) is 0 Å². The van der Waals surface area contributed by atoms with Crippen molar-refractivity contribution in [3.63, 3.8) is 0 Å². The van der Waals surface area contributed by atoms with Crippen molar-refractivity contribution >= 4 is 21.9 Å². The maximum absolute atomic E-state index is 6.80. The first-order valence-corrected chi connectivity index (χ1v) is 19.7. The van der Waals surface area contributed by atoms with Gasteiger partial charge in [-0.25, -0.2) is 0 Å². The molecule has 7 aromatic carbocycles. The molecule has 1 heterocycles. The minimum atomic E-state index is 0.166. The predicted octanol–water partition coefficient (Wildman–Crippen LogP) is 14.0. The van der Waals surface area contributed by atoms with Gasteiger partial charge in [0.25, 0.3) is 0 Å². The first-order valence-electron chi connectivity index (χ1n) is 19.7. The molecular formula is C52H40O. The molecule has 5 aliphatic carbocycles. The number of hydrogen-bond acceptors (Lipinski definition) is 1. The third kappa shape index (κ3) is 4.25. The lowest BCUT2D eigenvalue weighted by atomic mass is 9.43. The van der Waals surface area contributed by atoms with Crippen LogP contribution in [-0.2, 0) is 5.41 Å². The second-order valence-corrected chi connectivity index (χ2v) is 16.5. The Kier molecular flexibility index (Phi) is 6.30. The molecule has 1 heteroatoms. The smallest absolute Gasteiger partial charge is 0.143 e. The Bertz CT molecular complexity index is 2700. The molecule has 53 heavy (non-hydrogen) atoms. The van der Waals surface area contributed by atoms with E-state index >= 15 is 0 Å².